The third kappa shape index (κ3) is 2.34. The van der Waals surface area contributed by atoms with Crippen LogP contribution in [-0.4, -0.2) is 4.92 Å². The van der Waals surface area contributed by atoms with Gasteiger partial charge in [-0.25, -0.2) is 0 Å². The van der Waals surface area contributed by atoms with E-state index in [1.165, 1.54) is 0 Å². The van der Waals surface area contributed by atoms with E-state index in [0.29, 0.717) is 12.1 Å². The zero-order chi connectivity index (χ0) is 11.6. The van der Waals surface area contributed by atoms with E-state index in [2.05, 4.69) is 12.7 Å². The SMILES string of the molecule is C=[C]c1cc(C(F)(F)F)ccc1[N+](=O)[O-]. The topological polar surface area (TPSA) is 43.1 Å². The normalized spacial score (nSPS) is 11.1. The van der Waals surface area contributed by atoms with Crippen LogP contribution in [0.3, 0.4) is 0 Å². The van der Waals surface area contributed by atoms with Gasteiger partial charge in [-0.15, -0.1) is 0 Å². The summed E-state index contributed by atoms with van der Waals surface area (Å²) in [6.07, 6.45) is -2.43. The monoisotopic (exact) mass is 216 g/mol. The Morgan fingerprint density at radius 3 is 2.40 bits per heavy atom. The molecule has 1 aromatic rings. The van der Waals surface area contributed by atoms with Crippen LogP contribution in [0.4, 0.5) is 18.9 Å². The summed E-state index contributed by atoms with van der Waals surface area (Å²) in [7, 11) is 0. The first-order valence-corrected chi connectivity index (χ1v) is 3.75. The Balaban J connectivity index is 3.31. The maximum absolute atomic E-state index is 12.2. The lowest BCUT2D eigenvalue weighted by molar-refractivity contribution is -0.385. The van der Waals surface area contributed by atoms with E-state index in [4.69, 9.17) is 0 Å². The summed E-state index contributed by atoms with van der Waals surface area (Å²) in [6.45, 7) is 3.10. The minimum atomic E-state index is -4.53. The van der Waals surface area contributed by atoms with E-state index in [9.17, 15) is 23.3 Å². The zero-order valence-corrected chi connectivity index (χ0v) is 7.34. The molecule has 15 heavy (non-hydrogen) atoms. The van der Waals surface area contributed by atoms with Crippen molar-refractivity contribution in [1.29, 1.82) is 0 Å². The Kier molecular flexibility index (Phi) is 2.78. The van der Waals surface area contributed by atoms with Crippen LogP contribution in [0.1, 0.15) is 11.1 Å². The average Bonchev–Trinajstić information content (AvgIpc) is 2.15. The van der Waals surface area contributed by atoms with Crippen molar-refractivity contribution in [2.75, 3.05) is 0 Å². The lowest BCUT2D eigenvalue weighted by Crippen LogP contribution is -2.05. The van der Waals surface area contributed by atoms with E-state index in [1.54, 1.807) is 0 Å². The Morgan fingerprint density at radius 2 is 2.00 bits per heavy atom. The number of nitro groups is 1. The van der Waals surface area contributed by atoms with Crippen LogP contribution in [0.25, 0.3) is 0 Å². The molecule has 0 aromatic heterocycles. The molecule has 0 atom stereocenters. The molecule has 3 nitrogen and oxygen atoms in total. The Hall–Kier alpha value is -1.85. The van der Waals surface area contributed by atoms with Crippen LogP contribution in [0.15, 0.2) is 24.8 Å². The van der Waals surface area contributed by atoms with Crippen molar-refractivity contribution >= 4 is 5.69 Å². The minimum absolute atomic E-state index is 0.269. The molecule has 0 unspecified atom stereocenters. The number of hydrogen-bond donors (Lipinski definition) is 0. The van der Waals surface area contributed by atoms with E-state index in [-0.39, 0.29) is 5.56 Å². The van der Waals surface area contributed by atoms with Gasteiger partial charge < -0.3 is 0 Å². The summed E-state index contributed by atoms with van der Waals surface area (Å²) in [6, 6.07) is 2.08. The second-order valence-corrected chi connectivity index (χ2v) is 2.66. The van der Waals surface area contributed by atoms with Gasteiger partial charge in [0.25, 0.3) is 5.69 Å². The molecule has 1 aromatic carbocycles. The lowest BCUT2D eigenvalue weighted by Gasteiger charge is -2.06. The molecule has 0 amide bonds. The fourth-order valence-corrected chi connectivity index (χ4v) is 1.01. The maximum Gasteiger partial charge on any atom is 0.416 e. The number of hydrogen-bond acceptors (Lipinski definition) is 2. The first-order valence-electron chi connectivity index (χ1n) is 3.75. The van der Waals surface area contributed by atoms with Gasteiger partial charge in [-0.2, -0.15) is 13.2 Å². The average molecular weight is 216 g/mol. The summed E-state index contributed by atoms with van der Waals surface area (Å²) in [4.78, 5) is 9.61. The summed E-state index contributed by atoms with van der Waals surface area (Å²) in [5, 5.41) is 10.4. The van der Waals surface area contributed by atoms with Gasteiger partial charge in [-0.1, -0.05) is 6.58 Å². The van der Waals surface area contributed by atoms with Crippen molar-refractivity contribution in [3.8, 4) is 0 Å². The number of nitrogens with zero attached hydrogens (tertiary/aromatic N) is 1. The van der Waals surface area contributed by atoms with Gasteiger partial charge in [-0.3, -0.25) is 10.1 Å². The summed E-state index contributed by atoms with van der Waals surface area (Å²) < 4.78 is 36.7. The highest BCUT2D eigenvalue weighted by molar-refractivity contribution is 5.46. The smallest absolute Gasteiger partial charge is 0.258 e. The van der Waals surface area contributed by atoms with Gasteiger partial charge in [-0.05, 0) is 18.2 Å². The molecule has 0 N–H and O–H groups in total. The van der Waals surface area contributed by atoms with E-state index in [1.807, 2.05) is 0 Å². The van der Waals surface area contributed by atoms with Crippen molar-refractivity contribution in [3.63, 3.8) is 0 Å². The van der Waals surface area contributed by atoms with Gasteiger partial charge >= 0.3 is 6.18 Å². The molecule has 0 fully saturated rings. The molecule has 0 bridgehead atoms. The molecule has 1 rings (SSSR count). The molecule has 0 saturated carbocycles. The Morgan fingerprint density at radius 1 is 1.40 bits per heavy atom. The molecule has 6 heteroatoms. The minimum Gasteiger partial charge on any atom is -0.258 e. The number of benzene rings is 1. The highest BCUT2D eigenvalue weighted by atomic mass is 19.4. The largest absolute Gasteiger partial charge is 0.416 e. The second-order valence-electron chi connectivity index (χ2n) is 2.66. The van der Waals surface area contributed by atoms with Crippen molar-refractivity contribution in [2.45, 2.75) is 6.18 Å². The fourth-order valence-electron chi connectivity index (χ4n) is 1.01. The molecular weight excluding hydrogens is 211 g/mol. The quantitative estimate of drug-likeness (QED) is 0.563. The second kappa shape index (κ2) is 3.72. The summed E-state index contributed by atoms with van der Waals surface area (Å²) in [5.41, 5.74) is -1.67. The van der Waals surface area contributed by atoms with Crippen LogP contribution >= 0.6 is 0 Å². The van der Waals surface area contributed by atoms with Crippen LogP contribution < -0.4 is 0 Å². The van der Waals surface area contributed by atoms with Gasteiger partial charge in [0.15, 0.2) is 0 Å². The van der Waals surface area contributed by atoms with E-state index >= 15 is 0 Å². The number of alkyl halides is 3. The van der Waals surface area contributed by atoms with E-state index < -0.39 is 22.4 Å². The van der Waals surface area contributed by atoms with Gasteiger partial charge in [0.05, 0.1) is 16.1 Å². The fraction of sp³-hybridized carbons (Fsp3) is 0.111. The summed E-state index contributed by atoms with van der Waals surface area (Å²) in [5.74, 6) is 0. The molecular formula is C9H5F3NO2. The van der Waals surface area contributed by atoms with Gasteiger partial charge in [0.2, 0.25) is 0 Å². The van der Waals surface area contributed by atoms with Crippen molar-refractivity contribution in [2.24, 2.45) is 0 Å². The van der Waals surface area contributed by atoms with E-state index in [0.717, 1.165) is 6.07 Å². The predicted molar refractivity (Wildman–Crippen MR) is 46.1 cm³/mol. The zero-order valence-electron chi connectivity index (χ0n) is 7.34. The highest BCUT2D eigenvalue weighted by Gasteiger charge is 2.31. The molecule has 0 aliphatic heterocycles. The van der Waals surface area contributed by atoms with Crippen molar-refractivity contribution in [3.05, 3.63) is 52.1 Å². The molecule has 1 radical (unpaired) electrons. The van der Waals surface area contributed by atoms with Gasteiger partial charge in [0, 0.05) is 6.07 Å². The lowest BCUT2D eigenvalue weighted by atomic mass is 10.1. The Bertz CT molecular complexity index is 412. The number of nitro benzene ring substituents is 1. The van der Waals surface area contributed by atoms with Crippen LogP contribution in [0.2, 0.25) is 0 Å². The first-order chi connectivity index (χ1) is 6.86. The third-order valence-electron chi connectivity index (χ3n) is 1.71. The highest BCUT2D eigenvalue weighted by Crippen LogP contribution is 2.32. The molecule has 0 aliphatic rings. The molecule has 0 saturated heterocycles. The molecule has 79 valence electrons. The standard InChI is InChI=1S/C9H5F3NO2/c1-2-6-5-7(9(10,11)12)3-4-8(6)13(14)15/h3-5H,1H2. The van der Waals surface area contributed by atoms with Crippen molar-refractivity contribution in [1.82, 2.24) is 0 Å². The predicted octanol–water partition coefficient (Wildman–Crippen LogP) is 2.95. The third-order valence-corrected chi connectivity index (χ3v) is 1.71. The van der Waals surface area contributed by atoms with Crippen LogP contribution in [0, 0.1) is 16.2 Å². The number of halogens is 3. The molecule has 0 spiro atoms. The van der Waals surface area contributed by atoms with Crippen LogP contribution in [-0.2, 0) is 6.18 Å². The molecule has 0 aliphatic carbocycles. The first kappa shape index (κ1) is 11.2. The van der Waals surface area contributed by atoms with Gasteiger partial charge in [0.1, 0.15) is 0 Å². The molecule has 0 heterocycles. The maximum atomic E-state index is 12.2. The van der Waals surface area contributed by atoms with Crippen molar-refractivity contribution < 1.29 is 18.1 Å². The number of rotatable bonds is 2. The Labute approximate surface area is 83.0 Å². The van der Waals surface area contributed by atoms with Crippen LogP contribution in [0.5, 0.6) is 0 Å². The summed E-state index contributed by atoms with van der Waals surface area (Å²) >= 11 is 0.